The average Bonchev–Trinajstić information content (AvgIpc) is 2.74. The van der Waals surface area contributed by atoms with Crippen LogP contribution >= 0.6 is 0 Å². The van der Waals surface area contributed by atoms with Crippen LogP contribution in [0.1, 0.15) is 38.5 Å². The number of hydrogen-bond donors (Lipinski definition) is 1. The van der Waals surface area contributed by atoms with Crippen LogP contribution < -0.4 is 0 Å². The molecule has 0 aromatic carbocycles. The van der Waals surface area contributed by atoms with Crippen molar-refractivity contribution in [2.45, 2.75) is 56.7 Å². The third kappa shape index (κ3) is 9.24. The van der Waals surface area contributed by atoms with Crippen LogP contribution in [0.25, 0.3) is 27.4 Å². The molecule has 0 amide bonds. The molecule has 0 aromatic heterocycles. The van der Waals surface area contributed by atoms with Gasteiger partial charge in [-0.15, -0.1) is 25.2 Å². The van der Waals surface area contributed by atoms with Crippen LogP contribution in [0.2, 0.25) is 0 Å². The number of nitrogens with zero attached hydrogens (tertiary/aromatic N) is 5. The van der Waals surface area contributed by atoms with Gasteiger partial charge in [-0.3, -0.25) is 0 Å². The first kappa shape index (κ1) is 26.1. The van der Waals surface area contributed by atoms with Crippen molar-refractivity contribution in [3.05, 3.63) is 62.8 Å². The zero-order valence-electron chi connectivity index (χ0n) is 14.1. The van der Waals surface area contributed by atoms with Crippen molar-refractivity contribution in [3.8, 4) is 0 Å². The summed E-state index contributed by atoms with van der Waals surface area (Å²) in [5.74, 6) is 4.75. The fourth-order valence-corrected chi connectivity index (χ4v) is 3.20. The van der Waals surface area contributed by atoms with Crippen molar-refractivity contribution in [3.63, 3.8) is 0 Å². The molecule has 0 radical (unpaired) electrons. The summed E-state index contributed by atoms with van der Waals surface area (Å²) in [6.45, 7) is 6.63. The molecule has 2 saturated heterocycles. The van der Waals surface area contributed by atoms with Gasteiger partial charge in [0, 0.05) is 21.1 Å². The molecule has 142 valence electrons. The maximum atomic E-state index is 7.25. The van der Waals surface area contributed by atoms with E-state index in [0.717, 1.165) is 13.1 Å². The fourth-order valence-electron chi connectivity index (χ4n) is 3.20. The van der Waals surface area contributed by atoms with Crippen molar-refractivity contribution in [1.82, 2.24) is 0 Å². The molecule has 0 aliphatic carbocycles. The first-order chi connectivity index (χ1) is 11.9. The molecule has 0 spiro atoms. The Hall–Kier alpha value is -1.10. The van der Waals surface area contributed by atoms with Gasteiger partial charge < -0.3 is 49.4 Å². The van der Waals surface area contributed by atoms with E-state index in [2.05, 4.69) is 23.5 Å². The molecule has 2 N–H and O–H groups in total. The van der Waals surface area contributed by atoms with Gasteiger partial charge in [0.25, 0.3) is 0 Å². The minimum atomic E-state index is 0. The van der Waals surface area contributed by atoms with E-state index in [4.69, 9.17) is 44.1 Å². The summed E-state index contributed by atoms with van der Waals surface area (Å²) >= 11 is 0. The van der Waals surface area contributed by atoms with Gasteiger partial charge in [0.2, 0.25) is 0 Å². The Balaban J connectivity index is 0. The smallest absolute Gasteiger partial charge is 0 e. The van der Waals surface area contributed by atoms with Gasteiger partial charge in [-0.2, -0.15) is 17.8 Å². The van der Waals surface area contributed by atoms with Crippen LogP contribution in [0.5, 0.6) is 0 Å². The predicted molar refractivity (Wildman–Crippen MR) is 93.9 cm³/mol. The molecule has 3 aliphatic heterocycles. The van der Waals surface area contributed by atoms with Crippen LogP contribution in [0.4, 0.5) is 0 Å². The summed E-state index contributed by atoms with van der Waals surface area (Å²) < 4.78 is 0. The predicted octanol–water partition coefficient (Wildman–Crippen LogP) is 4.88. The van der Waals surface area contributed by atoms with Crippen LogP contribution in [0, 0.1) is 16.7 Å². The molecule has 3 aliphatic rings. The summed E-state index contributed by atoms with van der Waals surface area (Å²) in [7, 11) is 0. The molecule has 0 aromatic rings. The van der Waals surface area contributed by atoms with Crippen LogP contribution in [-0.2, 0) is 21.1 Å². The van der Waals surface area contributed by atoms with Gasteiger partial charge in [-0.25, -0.2) is 0 Å². The van der Waals surface area contributed by atoms with Crippen molar-refractivity contribution < 1.29 is 26.3 Å². The first-order valence-corrected chi connectivity index (χ1v) is 7.97. The molecule has 8 nitrogen and oxygen atoms in total. The number of nitrogens with one attached hydrogen (secondary N) is 1. The number of piperidine rings is 2. The van der Waals surface area contributed by atoms with Crippen molar-refractivity contribution in [2.24, 2.45) is 0 Å². The van der Waals surface area contributed by atoms with E-state index in [1.807, 2.05) is 0 Å². The zero-order chi connectivity index (χ0) is 18.2. The average molecular weight is 428 g/mol. The van der Waals surface area contributed by atoms with E-state index in [-0.39, 0.29) is 21.1 Å². The standard InChI is InChI=1S/C15H22N3.CN.Mo.H2NO.NO/c1-3-10-16-12(6-1)14-8-5-9-15(18-14)13-7-2-4-11-17-13;1-2;;2*1-2/h1,3,6,13-15H,2,4-5,7-11H2;;;1-2H;/q-3;-1;;2*-1. The molecule has 3 atom stereocenters. The van der Waals surface area contributed by atoms with Crippen molar-refractivity contribution in [2.75, 3.05) is 13.1 Å². The number of allylic oxidation sites excluding steroid dienone is 2. The van der Waals surface area contributed by atoms with Gasteiger partial charge in [-0.05, 0) is 0 Å². The van der Waals surface area contributed by atoms with E-state index < -0.39 is 0 Å². The minimum Gasteiger partial charge on any atom is -0.686 e. The van der Waals surface area contributed by atoms with Gasteiger partial charge >= 0.3 is 0 Å². The molecule has 25 heavy (non-hydrogen) atoms. The fraction of sp³-hybridized carbons (Fsp3) is 0.688. The Kier molecular flexibility index (Phi) is 18.5. The normalized spacial score (nSPS) is 27.0. The summed E-state index contributed by atoms with van der Waals surface area (Å²) in [6.07, 6.45) is 13.9. The van der Waals surface area contributed by atoms with Crippen LogP contribution in [-0.4, -0.2) is 36.4 Å². The number of nitroso groups, excluding NO2 is 1. The van der Waals surface area contributed by atoms with Gasteiger partial charge in [-0.1, -0.05) is 50.7 Å². The van der Waals surface area contributed by atoms with E-state index in [1.165, 1.54) is 44.2 Å². The molecule has 0 saturated carbocycles. The Morgan fingerprint density at radius 1 is 1.12 bits per heavy atom. The molecule has 3 rings (SSSR count). The second kappa shape index (κ2) is 17.7. The maximum absolute atomic E-state index is 7.25. The monoisotopic (exact) mass is 430 g/mol. The summed E-state index contributed by atoms with van der Waals surface area (Å²) in [5, 5.41) is 26.9. The molecule has 0 bridgehead atoms. The van der Waals surface area contributed by atoms with Crippen LogP contribution in [0.15, 0.2) is 23.9 Å². The SMILES string of the molecule is C1=CC[N-]C(C2CCCC(C3CCCC[N-]3)[N-]2)=C1.[C-]#N.[Mo].[N-]=O.[NH-]O. The minimum absolute atomic E-state index is 0. The second-order valence-electron chi connectivity index (χ2n) is 5.49. The largest absolute Gasteiger partial charge is 0.686 e. The van der Waals surface area contributed by atoms with E-state index in [0.29, 0.717) is 18.1 Å². The quantitative estimate of drug-likeness (QED) is 0.379. The molecular weight excluding hydrogens is 404 g/mol. The van der Waals surface area contributed by atoms with Gasteiger partial charge in [0.1, 0.15) is 0 Å². The Bertz CT molecular complexity index is 399. The van der Waals surface area contributed by atoms with Gasteiger partial charge in [0.05, 0.1) is 0 Å². The zero-order valence-corrected chi connectivity index (χ0v) is 16.1. The summed E-state index contributed by atoms with van der Waals surface area (Å²) in [5.41, 5.74) is 6.94. The first-order valence-electron chi connectivity index (χ1n) is 7.97. The summed E-state index contributed by atoms with van der Waals surface area (Å²) in [4.78, 5) is 7.25. The molecule has 3 heterocycles. The third-order valence-electron chi connectivity index (χ3n) is 4.19. The van der Waals surface area contributed by atoms with E-state index >= 15 is 0 Å². The van der Waals surface area contributed by atoms with Crippen molar-refractivity contribution >= 4 is 0 Å². The maximum Gasteiger partial charge on any atom is 0 e. The van der Waals surface area contributed by atoms with E-state index in [1.54, 1.807) is 0 Å². The van der Waals surface area contributed by atoms with E-state index in [9.17, 15) is 0 Å². The number of rotatable bonds is 2. The Labute approximate surface area is 164 Å². The Morgan fingerprint density at radius 2 is 1.80 bits per heavy atom. The third-order valence-corrected chi connectivity index (χ3v) is 4.19. The molecule has 9 heteroatoms. The second-order valence-corrected chi connectivity index (χ2v) is 5.49. The van der Waals surface area contributed by atoms with Crippen LogP contribution in [0.3, 0.4) is 0 Å². The van der Waals surface area contributed by atoms with Crippen molar-refractivity contribution in [1.29, 1.82) is 5.26 Å². The number of hydrogen-bond acceptors (Lipinski definition) is 3. The Morgan fingerprint density at radius 3 is 2.36 bits per heavy atom. The topological polar surface area (TPSA) is 149 Å². The van der Waals surface area contributed by atoms with Gasteiger partial charge in [0.15, 0.2) is 0 Å². The summed E-state index contributed by atoms with van der Waals surface area (Å²) in [6, 6.07) is 1.30. The molecule has 2 fully saturated rings. The molecule has 3 unspecified atom stereocenters. The molecular formula is C16H24MoN6O2-6.